The van der Waals surface area contributed by atoms with Gasteiger partial charge in [-0.2, -0.15) is 0 Å². The summed E-state index contributed by atoms with van der Waals surface area (Å²) in [6.45, 7) is 0. The van der Waals surface area contributed by atoms with Crippen LogP contribution in [0.1, 0.15) is 0 Å². The van der Waals surface area contributed by atoms with Crippen molar-refractivity contribution < 1.29 is 0 Å². The predicted molar refractivity (Wildman–Crippen MR) is 458 cm³/mol. The first-order valence-corrected chi connectivity index (χ1v) is 37.3. The molecular formula is C104H70N6. The van der Waals surface area contributed by atoms with Crippen LogP contribution in [0.2, 0.25) is 0 Å². The summed E-state index contributed by atoms with van der Waals surface area (Å²) in [4.78, 5) is 20.7. The lowest BCUT2D eigenvalue weighted by Crippen LogP contribution is -1.98. The van der Waals surface area contributed by atoms with Gasteiger partial charge in [-0.3, -0.25) is 9.13 Å². The molecule has 0 bridgehead atoms. The van der Waals surface area contributed by atoms with Gasteiger partial charge in [0.05, 0.1) is 44.5 Å². The highest BCUT2D eigenvalue weighted by Gasteiger charge is 2.20. The molecule has 0 atom stereocenters. The lowest BCUT2D eigenvalue weighted by atomic mass is 9.94. The van der Waals surface area contributed by atoms with E-state index in [2.05, 4.69) is 410 Å². The minimum atomic E-state index is 0.916. The van der Waals surface area contributed by atoms with Gasteiger partial charge >= 0.3 is 0 Å². The van der Waals surface area contributed by atoms with E-state index in [4.69, 9.17) is 19.9 Å². The van der Waals surface area contributed by atoms with Gasteiger partial charge in [0.15, 0.2) is 0 Å². The molecule has 0 radical (unpaired) electrons. The zero-order valence-electron chi connectivity index (χ0n) is 60.1. The number of nitrogens with zero attached hydrogens (tertiary/aromatic N) is 6. The predicted octanol–water partition coefficient (Wildman–Crippen LogP) is 27.2. The van der Waals surface area contributed by atoms with Crippen LogP contribution in [0, 0.1) is 0 Å². The van der Waals surface area contributed by atoms with Gasteiger partial charge in [-0.1, -0.05) is 340 Å². The minimum Gasteiger partial charge on any atom is -0.292 e. The van der Waals surface area contributed by atoms with Crippen molar-refractivity contribution in [3.05, 3.63) is 425 Å². The van der Waals surface area contributed by atoms with Crippen LogP contribution < -0.4 is 0 Å². The SMILES string of the molecule is c1ccc(-c2ccc(-c3ccc4nc(-c5ccc(-c6ccccc6)cc5)cc(-c5ccc(-c6nc7ccccc7n6-c6ccccc6)cc5)c4c3)cc2)cc1.c1ccc(-c2ccc(-c3ccc4nc(-c5ccc(-c6ccccc6)cc5)cc(-c5ccc(-n6c(-c7ccccc7)nc7ccccc76)cc5)c4c3)cc2)cc1. The van der Waals surface area contributed by atoms with E-state index >= 15 is 0 Å². The number of hydrogen-bond acceptors (Lipinski definition) is 4. The second-order valence-corrected chi connectivity index (χ2v) is 27.7. The fraction of sp³-hybridized carbons (Fsp3) is 0. The lowest BCUT2D eigenvalue weighted by Gasteiger charge is -2.14. The van der Waals surface area contributed by atoms with Crippen molar-refractivity contribution in [2.45, 2.75) is 0 Å². The number of benzene rings is 16. The first-order chi connectivity index (χ1) is 54.5. The Kier molecular flexibility index (Phi) is 17.6. The summed E-state index contributed by atoms with van der Waals surface area (Å²) in [5.41, 5.74) is 33.1. The zero-order chi connectivity index (χ0) is 73.1. The average Bonchev–Trinajstić information content (AvgIpc) is 1.69. The number of para-hydroxylation sites is 5. The third-order valence-electron chi connectivity index (χ3n) is 20.9. The van der Waals surface area contributed by atoms with E-state index in [0.717, 1.165) is 134 Å². The first-order valence-electron chi connectivity index (χ1n) is 37.3. The molecule has 20 rings (SSSR count). The maximum absolute atomic E-state index is 5.25. The van der Waals surface area contributed by atoms with Crippen LogP contribution in [-0.4, -0.2) is 29.1 Å². The minimum absolute atomic E-state index is 0.916. The summed E-state index contributed by atoms with van der Waals surface area (Å²) < 4.78 is 4.51. The summed E-state index contributed by atoms with van der Waals surface area (Å²) in [6.07, 6.45) is 0. The van der Waals surface area contributed by atoms with Crippen molar-refractivity contribution in [3.8, 4) is 146 Å². The normalized spacial score (nSPS) is 11.3. The number of rotatable bonds is 14. The van der Waals surface area contributed by atoms with Crippen LogP contribution in [-0.2, 0) is 0 Å². The number of imidazole rings is 2. The van der Waals surface area contributed by atoms with Crippen LogP contribution in [0.5, 0.6) is 0 Å². The average molecular weight is 1400 g/mol. The van der Waals surface area contributed by atoms with Gasteiger partial charge in [0.25, 0.3) is 0 Å². The molecule has 4 heterocycles. The van der Waals surface area contributed by atoms with Crippen LogP contribution in [0.15, 0.2) is 425 Å². The van der Waals surface area contributed by atoms with Crippen molar-refractivity contribution in [3.63, 3.8) is 0 Å². The van der Waals surface area contributed by atoms with E-state index in [0.29, 0.717) is 0 Å². The monoisotopic (exact) mass is 1400 g/mol. The number of fused-ring (bicyclic) bond motifs is 4. The van der Waals surface area contributed by atoms with Gasteiger partial charge in [0.1, 0.15) is 11.6 Å². The molecule has 0 aliphatic heterocycles. The summed E-state index contributed by atoms with van der Waals surface area (Å²) in [6, 6.07) is 150. The molecule has 0 spiro atoms. The molecule has 516 valence electrons. The number of aromatic nitrogens is 6. The maximum Gasteiger partial charge on any atom is 0.145 e. The third-order valence-corrected chi connectivity index (χ3v) is 20.9. The molecule has 0 saturated carbocycles. The van der Waals surface area contributed by atoms with Crippen molar-refractivity contribution in [2.24, 2.45) is 0 Å². The van der Waals surface area contributed by atoms with E-state index in [1.807, 2.05) is 24.3 Å². The largest absolute Gasteiger partial charge is 0.292 e. The van der Waals surface area contributed by atoms with E-state index in [-0.39, 0.29) is 0 Å². The molecule has 0 N–H and O–H groups in total. The van der Waals surface area contributed by atoms with Gasteiger partial charge in [-0.15, -0.1) is 0 Å². The Balaban J connectivity index is 0.000000149. The van der Waals surface area contributed by atoms with Crippen molar-refractivity contribution in [2.75, 3.05) is 0 Å². The summed E-state index contributed by atoms with van der Waals surface area (Å²) >= 11 is 0. The summed E-state index contributed by atoms with van der Waals surface area (Å²) in [7, 11) is 0. The van der Waals surface area contributed by atoms with Crippen LogP contribution in [0.3, 0.4) is 0 Å². The van der Waals surface area contributed by atoms with Crippen LogP contribution in [0.25, 0.3) is 190 Å². The summed E-state index contributed by atoms with van der Waals surface area (Å²) in [5, 5.41) is 2.22. The second kappa shape index (κ2) is 29.3. The molecule has 20 aromatic rings. The highest BCUT2D eigenvalue weighted by Crippen LogP contribution is 2.41. The second-order valence-electron chi connectivity index (χ2n) is 27.7. The molecule has 0 aliphatic rings. The molecule has 110 heavy (non-hydrogen) atoms. The van der Waals surface area contributed by atoms with Gasteiger partial charge in [-0.25, -0.2) is 19.9 Å². The molecular weight excluding hydrogens is 1330 g/mol. The Hall–Kier alpha value is -14.7. The van der Waals surface area contributed by atoms with E-state index in [1.54, 1.807) is 0 Å². The smallest absolute Gasteiger partial charge is 0.145 e. The van der Waals surface area contributed by atoms with E-state index in [9.17, 15) is 0 Å². The topological polar surface area (TPSA) is 61.4 Å². The fourth-order valence-corrected chi connectivity index (χ4v) is 15.2. The van der Waals surface area contributed by atoms with Crippen LogP contribution >= 0.6 is 0 Å². The van der Waals surface area contributed by atoms with Crippen LogP contribution in [0.4, 0.5) is 0 Å². The number of hydrogen-bond donors (Lipinski definition) is 0. The van der Waals surface area contributed by atoms with Crippen molar-refractivity contribution >= 4 is 43.9 Å². The molecule has 0 fully saturated rings. The van der Waals surface area contributed by atoms with Gasteiger partial charge in [0, 0.05) is 44.4 Å². The van der Waals surface area contributed by atoms with Crippen molar-refractivity contribution in [1.82, 2.24) is 29.1 Å². The summed E-state index contributed by atoms with van der Waals surface area (Å²) in [5.74, 6) is 1.84. The standard InChI is InChI=1S/2C52H35N3/c1-4-12-36(13-5-1)38-20-22-40(23-21-38)44-32-33-48-47(34-44)46(35-50(53-48)42-28-24-39(25-29-42)37-14-6-2-7-15-37)41-26-30-43(31-27-41)52-54-49-18-10-11-19-51(49)55(52)45-16-8-3-9-17-45;1-4-12-36(13-5-1)38-20-22-40(23-21-38)44-30-33-48-47(34-44)46(35-50(53-48)42-26-24-39(25-27-42)37-14-6-2-7-15-37)41-28-31-45(32-29-41)55-51-19-11-10-18-49(51)54-52(55)43-16-8-3-9-17-43/h2*1-35H. The van der Waals surface area contributed by atoms with Crippen molar-refractivity contribution in [1.29, 1.82) is 0 Å². The molecule has 4 aromatic heterocycles. The molecule has 0 unspecified atom stereocenters. The molecule has 0 amide bonds. The molecule has 6 nitrogen and oxygen atoms in total. The number of pyridine rings is 2. The van der Waals surface area contributed by atoms with E-state index in [1.165, 1.54) is 55.6 Å². The quantitative estimate of drug-likeness (QED) is 0.109. The highest BCUT2D eigenvalue weighted by molar-refractivity contribution is 6.01. The Morgan fingerprint density at radius 1 is 0.155 bits per heavy atom. The van der Waals surface area contributed by atoms with E-state index < -0.39 is 0 Å². The van der Waals surface area contributed by atoms with Gasteiger partial charge < -0.3 is 0 Å². The Morgan fingerprint density at radius 3 is 0.764 bits per heavy atom. The first kappa shape index (κ1) is 66.0. The fourth-order valence-electron chi connectivity index (χ4n) is 15.2. The third kappa shape index (κ3) is 13.2. The van der Waals surface area contributed by atoms with Gasteiger partial charge in [0.2, 0.25) is 0 Å². The zero-order valence-corrected chi connectivity index (χ0v) is 60.1. The highest BCUT2D eigenvalue weighted by atomic mass is 15.1. The Labute approximate surface area is 639 Å². The maximum atomic E-state index is 5.25. The lowest BCUT2D eigenvalue weighted by molar-refractivity contribution is 1.10. The molecule has 6 heteroatoms. The molecule has 0 aliphatic carbocycles. The molecule has 0 saturated heterocycles. The van der Waals surface area contributed by atoms with Gasteiger partial charge in [-0.05, 0) is 174 Å². The Bertz CT molecular complexity index is 6640. The Morgan fingerprint density at radius 2 is 0.400 bits per heavy atom. The molecule has 16 aromatic carbocycles.